The van der Waals surface area contributed by atoms with E-state index in [0.29, 0.717) is 44.0 Å². The van der Waals surface area contributed by atoms with Crippen molar-refractivity contribution < 1.29 is 19.1 Å². The van der Waals surface area contributed by atoms with Crippen LogP contribution in [-0.4, -0.2) is 56.0 Å². The molecule has 0 radical (unpaired) electrons. The van der Waals surface area contributed by atoms with Crippen molar-refractivity contribution in [2.24, 2.45) is 0 Å². The zero-order valence-electron chi connectivity index (χ0n) is 17.7. The average Bonchev–Trinajstić information content (AvgIpc) is 2.73. The fourth-order valence-electron chi connectivity index (χ4n) is 3.09. The van der Waals surface area contributed by atoms with Gasteiger partial charge >= 0.3 is 0 Å². The Morgan fingerprint density at radius 2 is 1.59 bits per heavy atom. The van der Waals surface area contributed by atoms with Gasteiger partial charge in [-0.05, 0) is 29.7 Å². The van der Waals surface area contributed by atoms with Gasteiger partial charge in [0.15, 0.2) is 11.5 Å². The van der Waals surface area contributed by atoms with Crippen LogP contribution in [0.4, 0.5) is 0 Å². The summed E-state index contributed by atoms with van der Waals surface area (Å²) in [4.78, 5) is 27.9. The highest BCUT2D eigenvalue weighted by molar-refractivity contribution is 5.78. The number of benzene rings is 2. The number of rotatable bonds is 10. The zero-order chi connectivity index (χ0) is 21.2. The van der Waals surface area contributed by atoms with Crippen LogP contribution in [0.25, 0.3) is 0 Å². The van der Waals surface area contributed by atoms with Gasteiger partial charge in [0.25, 0.3) is 0 Å². The molecule has 0 unspecified atom stereocenters. The monoisotopic (exact) mass is 398 g/mol. The smallest absolute Gasteiger partial charge is 0.224 e. The van der Waals surface area contributed by atoms with E-state index in [1.807, 2.05) is 48.5 Å². The molecule has 0 aliphatic carbocycles. The highest BCUT2D eigenvalue weighted by Crippen LogP contribution is 2.27. The minimum atomic E-state index is -0.0380. The molecule has 0 aliphatic rings. The van der Waals surface area contributed by atoms with E-state index in [2.05, 4.69) is 0 Å². The lowest BCUT2D eigenvalue weighted by molar-refractivity contribution is -0.133. The highest BCUT2D eigenvalue weighted by Gasteiger charge is 2.15. The Hall–Kier alpha value is -3.02. The summed E-state index contributed by atoms with van der Waals surface area (Å²) >= 11 is 0. The molecule has 0 atom stereocenters. The molecule has 0 aliphatic heterocycles. The van der Waals surface area contributed by atoms with E-state index in [-0.39, 0.29) is 11.8 Å². The number of nitrogens with zero attached hydrogens (tertiary/aromatic N) is 2. The molecule has 2 aromatic rings. The van der Waals surface area contributed by atoms with Gasteiger partial charge in [-0.15, -0.1) is 0 Å². The van der Waals surface area contributed by atoms with E-state index in [4.69, 9.17) is 9.47 Å². The topological polar surface area (TPSA) is 59.1 Å². The average molecular weight is 399 g/mol. The molecule has 0 spiro atoms. The summed E-state index contributed by atoms with van der Waals surface area (Å²) in [5.41, 5.74) is 2.13. The molecule has 0 fully saturated rings. The summed E-state index contributed by atoms with van der Waals surface area (Å²) in [6.45, 7) is 3.04. The lowest BCUT2D eigenvalue weighted by atomic mass is 10.1. The molecule has 0 saturated carbocycles. The third kappa shape index (κ3) is 6.82. The van der Waals surface area contributed by atoms with Crippen LogP contribution >= 0.6 is 0 Å². The number of methoxy groups -OCH3 is 2. The molecule has 0 bridgehead atoms. The Bertz CT molecular complexity index is 808. The Balaban J connectivity index is 1.88. The van der Waals surface area contributed by atoms with Gasteiger partial charge in [0.2, 0.25) is 11.8 Å². The van der Waals surface area contributed by atoms with Crippen molar-refractivity contribution in [3.63, 3.8) is 0 Å². The van der Waals surface area contributed by atoms with Gasteiger partial charge in [-0.25, -0.2) is 0 Å². The second kappa shape index (κ2) is 11.1. The van der Waals surface area contributed by atoms with Crippen molar-refractivity contribution >= 4 is 11.8 Å². The van der Waals surface area contributed by atoms with Crippen molar-refractivity contribution in [2.45, 2.75) is 26.3 Å². The molecule has 29 heavy (non-hydrogen) atoms. The van der Waals surface area contributed by atoms with E-state index < -0.39 is 0 Å². The van der Waals surface area contributed by atoms with Crippen molar-refractivity contribution in [3.8, 4) is 11.5 Å². The van der Waals surface area contributed by atoms with Gasteiger partial charge in [0.05, 0.1) is 14.2 Å². The fourth-order valence-corrected chi connectivity index (χ4v) is 3.09. The summed E-state index contributed by atoms with van der Waals surface area (Å²) in [6.07, 6.45) is 0.975. The first-order valence-electron chi connectivity index (χ1n) is 9.69. The third-order valence-electron chi connectivity index (χ3n) is 4.85. The number of hydrogen-bond acceptors (Lipinski definition) is 4. The van der Waals surface area contributed by atoms with Gasteiger partial charge in [-0.3, -0.25) is 9.59 Å². The molecule has 6 heteroatoms. The van der Waals surface area contributed by atoms with Gasteiger partial charge in [-0.1, -0.05) is 36.4 Å². The van der Waals surface area contributed by atoms with E-state index in [1.165, 1.54) is 6.92 Å². The van der Waals surface area contributed by atoms with Crippen LogP contribution in [0.3, 0.4) is 0 Å². The second-order valence-electron chi connectivity index (χ2n) is 6.93. The van der Waals surface area contributed by atoms with Gasteiger partial charge < -0.3 is 19.3 Å². The SMILES string of the molecule is COc1ccc(CCN(CCC(=O)N(C)Cc2ccccc2)C(C)=O)cc1OC. The minimum Gasteiger partial charge on any atom is -0.493 e. The van der Waals surface area contributed by atoms with Crippen LogP contribution in [0.1, 0.15) is 24.5 Å². The van der Waals surface area contributed by atoms with Gasteiger partial charge in [0.1, 0.15) is 0 Å². The molecule has 156 valence electrons. The van der Waals surface area contributed by atoms with Crippen LogP contribution in [0.5, 0.6) is 11.5 Å². The largest absolute Gasteiger partial charge is 0.493 e. The van der Waals surface area contributed by atoms with Crippen molar-refractivity contribution in [1.82, 2.24) is 9.80 Å². The number of amides is 2. The van der Waals surface area contributed by atoms with Crippen LogP contribution in [-0.2, 0) is 22.6 Å². The van der Waals surface area contributed by atoms with Crippen LogP contribution < -0.4 is 9.47 Å². The first-order valence-corrected chi connectivity index (χ1v) is 9.69. The number of hydrogen-bond donors (Lipinski definition) is 0. The van der Waals surface area contributed by atoms with Gasteiger partial charge in [-0.2, -0.15) is 0 Å². The Kier molecular flexibility index (Phi) is 8.52. The summed E-state index contributed by atoms with van der Waals surface area (Å²) in [5.74, 6) is 1.32. The van der Waals surface area contributed by atoms with Crippen LogP contribution in [0, 0.1) is 0 Å². The summed E-state index contributed by atoms with van der Waals surface area (Å²) in [6, 6.07) is 15.6. The summed E-state index contributed by atoms with van der Waals surface area (Å²) in [7, 11) is 4.99. The molecule has 0 heterocycles. The third-order valence-corrected chi connectivity index (χ3v) is 4.85. The van der Waals surface area contributed by atoms with Crippen molar-refractivity contribution in [2.75, 3.05) is 34.4 Å². The number of ether oxygens (including phenoxy) is 2. The lowest BCUT2D eigenvalue weighted by Crippen LogP contribution is -2.35. The standard InChI is InChI=1S/C23H30N2O4/c1-18(26)25(14-12-19-10-11-21(28-3)22(16-19)29-4)15-13-23(27)24(2)17-20-8-6-5-7-9-20/h5-11,16H,12-15,17H2,1-4H3. The van der Waals surface area contributed by atoms with E-state index in [0.717, 1.165) is 11.1 Å². The van der Waals surface area contributed by atoms with E-state index in [1.54, 1.807) is 31.1 Å². The Labute approximate surface area is 173 Å². The number of carbonyl (C=O) groups is 2. The molecular formula is C23H30N2O4. The first-order chi connectivity index (χ1) is 13.9. The molecule has 6 nitrogen and oxygen atoms in total. The number of carbonyl (C=O) groups excluding carboxylic acids is 2. The molecule has 2 amide bonds. The predicted molar refractivity (Wildman–Crippen MR) is 113 cm³/mol. The Morgan fingerprint density at radius 3 is 2.21 bits per heavy atom. The van der Waals surface area contributed by atoms with Crippen molar-refractivity contribution in [3.05, 3.63) is 59.7 Å². The van der Waals surface area contributed by atoms with Gasteiger partial charge in [0, 0.05) is 40.0 Å². The fraction of sp³-hybridized carbons (Fsp3) is 0.391. The molecule has 0 saturated heterocycles. The first kappa shape index (κ1) is 22.3. The molecule has 0 aromatic heterocycles. The maximum absolute atomic E-state index is 12.5. The second-order valence-corrected chi connectivity index (χ2v) is 6.93. The minimum absolute atomic E-state index is 0.0196. The molecular weight excluding hydrogens is 368 g/mol. The maximum Gasteiger partial charge on any atom is 0.224 e. The Morgan fingerprint density at radius 1 is 0.897 bits per heavy atom. The quantitative estimate of drug-likeness (QED) is 0.617. The zero-order valence-corrected chi connectivity index (χ0v) is 17.7. The summed E-state index contributed by atoms with van der Waals surface area (Å²) in [5, 5.41) is 0. The van der Waals surface area contributed by atoms with E-state index >= 15 is 0 Å². The normalized spacial score (nSPS) is 10.3. The van der Waals surface area contributed by atoms with Crippen LogP contribution in [0.2, 0.25) is 0 Å². The van der Waals surface area contributed by atoms with Crippen LogP contribution in [0.15, 0.2) is 48.5 Å². The summed E-state index contributed by atoms with van der Waals surface area (Å²) < 4.78 is 10.6. The maximum atomic E-state index is 12.5. The highest BCUT2D eigenvalue weighted by atomic mass is 16.5. The molecule has 2 aromatic carbocycles. The van der Waals surface area contributed by atoms with Crippen molar-refractivity contribution in [1.29, 1.82) is 0 Å². The van der Waals surface area contributed by atoms with E-state index in [9.17, 15) is 9.59 Å². The molecule has 2 rings (SSSR count). The predicted octanol–water partition coefficient (Wildman–Crippen LogP) is 3.14. The molecule has 0 N–H and O–H groups in total. The lowest BCUT2D eigenvalue weighted by Gasteiger charge is -2.23.